The molecule has 0 heterocycles. The minimum Gasteiger partial charge on any atom is -0.447 e. The average Bonchev–Trinajstić information content (AvgIpc) is 2.76. The molecule has 0 aliphatic heterocycles. The third-order valence-corrected chi connectivity index (χ3v) is 8.51. The number of nitrogens with two attached hydrogens (primary N) is 1. The van der Waals surface area contributed by atoms with Crippen LogP contribution in [-0.2, 0) is 36.7 Å². The van der Waals surface area contributed by atoms with Gasteiger partial charge in [0, 0.05) is 13.3 Å². The Morgan fingerprint density at radius 1 is 1.00 bits per heavy atom. The van der Waals surface area contributed by atoms with Crippen LogP contribution in [0.25, 0.3) is 10.8 Å². The SMILES string of the molecule is CCc1c(S(=O)(=O)C(C)(CC(N)OC(C)=O)c2ccc(C(F)(F)F)cc2)ccc2ccccc12. The Morgan fingerprint density at radius 2 is 1.59 bits per heavy atom. The summed E-state index contributed by atoms with van der Waals surface area (Å²) in [6.07, 6.45) is -5.80. The van der Waals surface area contributed by atoms with Crippen molar-refractivity contribution in [2.75, 3.05) is 0 Å². The highest BCUT2D eigenvalue weighted by atomic mass is 32.2. The van der Waals surface area contributed by atoms with Gasteiger partial charge in [0.05, 0.1) is 10.5 Å². The minimum atomic E-state index is -4.57. The van der Waals surface area contributed by atoms with Crippen LogP contribution in [0.1, 0.15) is 43.9 Å². The molecule has 2 N–H and O–H groups in total. The van der Waals surface area contributed by atoms with Crippen molar-refractivity contribution in [3.63, 3.8) is 0 Å². The quantitative estimate of drug-likeness (QED) is 0.354. The molecule has 3 aromatic rings. The number of halogens is 3. The number of rotatable bonds is 7. The Balaban J connectivity index is 2.23. The molecular weight excluding hydrogens is 467 g/mol. The number of fused-ring (bicyclic) bond motifs is 1. The lowest BCUT2D eigenvalue weighted by Gasteiger charge is -2.33. The maximum atomic E-state index is 14.2. The van der Waals surface area contributed by atoms with Gasteiger partial charge in [-0.25, -0.2) is 8.42 Å². The molecule has 0 aliphatic rings. The number of carbonyl (C=O) groups is 1. The van der Waals surface area contributed by atoms with E-state index in [2.05, 4.69) is 0 Å². The van der Waals surface area contributed by atoms with Crippen LogP contribution in [0, 0.1) is 0 Å². The smallest absolute Gasteiger partial charge is 0.416 e. The molecule has 3 aromatic carbocycles. The third-order valence-electron chi connectivity index (χ3n) is 5.96. The number of carbonyl (C=O) groups excluding carboxylic acids is 1. The molecule has 9 heteroatoms. The monoisotopic (exact) mass is 493 g/mol. The molecule has 0 radical (unpaired) electrons. The van der Waals surface area contributed by atoms with Crippen molar-refractivity contribution in [1.29, 1.82) is 0 Å². The highest BCUT2D eigenvalue weighted by molar-refractivity contribution is 7.92. The van der Waals surface area contributed by atoms with Crippen LogP contribution in [0.3, 0.4) is 0 Å². The summed E-state index contributed by atoms with van der Waals surface area (Å²) in [5.74, 6) is -0.695. The summed E-state index contributed by atoms with van der Waals surface area (Å²) in [7, 11) is -4.22. The van der Waals surface area contributed by atoms with Crippen molar-refractivity contribution in [3.8, 4) is 0 Å². The molecule has 2 unspecified atom stereocenters. The van der Waals surface area contributed by atoms with Gasteiger partial charge in [0.1, 0.15) is 4.75 Å². The van der Waals surface area contributed by atoms with E-state index in [1.54, 1.807) is 6.07 Å². The lowest BCUT2D eigenvalue weighted by atomic mass is 9.94. The number of sulfone groups is 1. The predicted molar refractivity (Wildman–Crippen MR) is 124 cm³/mol. The zero-order valence-electron chi connectivity index (χ0n) is 19.0. The van der Waals surface area contributed by atoms with E-state index in [1.807, 2.05) is 31.2 Å². The van der Waals surface area contributed by atoms with Gasteiger partial charge in [-0.3, -0.25) is 10.5 Å². The zero-order valence-corrected chi connectivity index (χ0v) is 19.8. The van der Waals surface area contributed by atoms with Crippen molar-refractivity contribution in [1.82, 2.24) is 0 Å². The molecule has 5 nitrogen and oxygen atoms in total. The molecule has 0 aliphatic carbocycles. The first-order valence-electron chi connectivity index (χ1n) is 10.7. The fourth-order valence-corrected chi connectivity index (χ4v) is 6.35. The molecule has 0 aromatic heterocycles. The summed E-state index contributed by atoms with van der Waals surface area (Å²) in [5.41, 5.74) is 5.75. The minimum absolute atomic E-state index is 0.0612. The fourth-order valence-electron chi connectivity index (χ4n) is 4.21. The molecule has 0 saturated heterocycles. The second-order valence-electron chi connectivity index (χ2n) is 8.28. The summed E-state index contributed by atoms with van der Waals surface area (Å²) >= 11 is 0. The van der Waals surface area contributed by atoms with Gasteiger partial charge in [-0.05, 0) is 53.4 Å². The van der Waals surface area contributed by atoms with E-state index >= 15 is 0 Å². The van der Waals surface area contributed by atoms with E-state index in [1.165, 1.54) is 13.0 Å². The van der Waals surface area contributed by atoms with E-state index in [4.69, 9.17) is 10.5 Å². The first kappa shape index (κ1) is 25.7. The number of ether oxygens (including phenoxy) is 1. The van der Waals surface area contributed by atoms with Crippen LogP contribution >= 0.6 is 0 Å². The van der Waals surface area contributed by atoms with Crippen molar-refractivity contribution in [2.24, 2.45) is 5.73 Å². The second-order valence-corrected chi connectivity index (χ2v) is 10.6. The van der Waals surface area contributed by atoms with Gasteiger partial charge in [0.25, 0.3) is 0 Å². The number of aryl methyl sites for hydroxylation is 1. The Hall–Kier alpha value is -2.91. The van der Waals surface area contributed by atoms with E-state index in [0.29, 0.717) is 12.0 Å². The maximum Gasteiger partial charge on any atom is 0.416 e. The normalized spacial score (nSPS) is 15.0. The molecule has 0 bridgehead atoms. The van der Waals surface area contributed by atoms with Crippen LogP contribution in [-0.4, -0.2) is 20.6 Å². The molecule has 0 amide bonds. The average molecular weight is 494 g/mol. The highest BCUT2D eigenvalue weighted by Gasteiger charge is 2.45. The fraction of sp³-hybridized carbons (Fsp3) is 0.320. The molecule has 0 saturated carbocycles. The molecule has 182 valence electrons. The number of esters is 1. The van der Waals surface area contributed by atoms with Crippen molar-refractivity contribution in [3.05, 3.63) is 77.4 Å². The summed E-state index contributed by atoms with van der Waals surface area (Å²) in [5, 5.41) is 1.64. The number of hydrogen-bond acceptors (Lipinski definition) is 5. The topological polar surface area (TPSA) is 86.5 Å². The Morgan fingerprint density at radius 3 is 2.15 bits per heavy atom. The van der Waals surface area contributed by atoms with Gasteiger partial charge in [-0.2, -0.15) is 13.2 Å². The largest absolute Gasteiger partial charge is 0.447 e. The molecule has 3 rings (SSSR count). The summed E-state index contributed by atoms with van der Waals surface area (Å²) < 4.78 is 70.9. The van der Waals surface area contributed by atoms with Crippen LogP contribution in [0.15, 0.2) is 65.6 Å². The molecular formula is C25H26F3NO4S. The zero-order chi connectivity index (χ0) is 25.3. The van der Waals surface area contributed by atoms with Gasteiger partial charge in [-0.15, -0.1) is 0 Å². The van der Waals surface area contributed by atoms with Crippen LogP contribution in [0.4, 0.5) is 13.2 Å². The molecule has 34 heavy (non-hydrogen) atoms. The lowest BCUT2D eigenvalue weighted by Crippen LogP contribution is -2.41. The van der Waals surface area contributed by atoms with Crippen molar-refractivity contribution < 1.29 is 31.1 Å². The summed E-state index contributed by atoms with van der Waals surface area (Å²) in [6, 6.07) is 14.5. The molecule has 0 fully saturated rings. The number of hydrogen-bond donors (Lipinski definition) is 1. The number of alkyl halides is 3. The second kappa shape index (κ2) is 9.38. The Kier molecular flexibility index (Phi) is 7.10. The van der Waals surface area contributed by atoms with E-state index in [0.717, 1.165) is 42.0 Å². The molecule has 0 spiro atoms. The van der Waals surface area contributed by atoms with Crippen molar-refractivity contribution in [2.45, 2.75) is 55.7 Å². The van der Waals surface area contributed by atoms with E-state index in [9.17, 15) is 26.4 Å². The van der Waals surface area contributed by atoms with E-state index in [-0.39, 0.29) is 16.9 Å². The van der Waals surface area contributed by atoms with Gasteiger partial charge in [0.15, 0.2) is 16.1 Å². The van der Waals surface area contributed by atoms with Crippen LogP contribution in [0.2, 0.25) is 0 Å². The van der Waals surface area contributed by atoms with Crippen molar-refractivity contribution >= 4 is 26.6 Å². The predicted octanol–water partition coefficient (Wildman–Crippen LogP) is 5.35. The Labute approximate surface area is 196 Å². The maximum absolute atomic E-state index is 14.2. The van der Waals surface area contributed by atoms with Gasteiger partial charge in [-0.1, -0.05) is 49.4 Å². The summed E-state index contributed by atoms with van der Waals surface area (Å²) in [4.78, 5) is 11.5. The summed E-state index contributed by atoms with van der Waals surface area (Å²) in [6.45, 7) is 4.37. The first-order valence-corrected chi connectivity index (χ1v) is 12.2. The molecule has 2 atom stereocenters. The van der Waals surface area contributed by atoms with Crippen LogP contribution in [0.5, 0.6) is 0 Å². The third kappa shape index (κ3) is 4.81. The number of benzene rings is 3. The Bertz CT molecular complexity index is 1300. The lowest BCUT2D eigenvalue weighted by molar-refractivity contribution is -0.146. The van der Waals surface area contributed by atoms with Crippen LogP contribution < -0.4 is 5.73 Å². The van der Waals surface area contributed by atoms with Gasteiger partial charge >= 0.3 is 12.1 Å². The standard InChI is InChI=1S/C25H26F3NO4S/c1-4-20-21-8-6-5-7-17(21)9-14-22(20)34(31,32)24(3,15-23(29)33-16(2)30)18-10-12-19(13-11-18)25(26,27)28/h5-14,23H,4,15,29H2,1-3H3. The highest BCUT2D eigenvalue weighted by Crippen LogP contribution is 2.42. The van der Waals surface area contributed by atoms with E-state index < -0.39 is 38.5 Å². The van der Waals surface area contributed by atoms with Gasteiger partial charge in [0.2, 0.25) is 0 Å². The first-order chi connectivity index (χ1) is 15.8. The van der Waals surface area contributed by atoms with Gasteiger partial charge < -0.3 is 4.74 Å².